The molecule has 5 nitrogen and oxygen atoms in total. The minimum absolute atomic E-state index is 0.197. The van der Waals surface area contributed by atoms with Gasteiger partial charge in [0.05, 0.1) is 13.2 Å². The first-order chi connectivity index (χ1) is 9.47. The van der Waals surface area contributed by atoms with E-state index in [2.05, 4.69) is 10.1 Å². The molecule has 1 rings (SSSR count). The third-order valence-electron chi connectivity index (χ3n) is 2.71. The second kappa shape index (κ2) is 7.51. The highest BCUT2D eigenvalue weighted by Crippen LogP contribution is 2.11. The van der Waals surface area contributed by atoms with E-state index in [9.17, 15) is 9.59 Å². The van der Waals surface area contributed by atoms with Crippen LogP contribution in [0.4, 0.5) is 0 Å². The van der Waals surface area contributed by atoms with Gasteiger partial charge in [-0.3, -0.25) is 4.79 Å². The number of nitrogens with zero attached hydrogens (tertiary/aromatic N) is 1. The summed E-state index contributed by atoms with van der Waals surface area (Å²) >= 11 is 5.74. The molecule has 0 aliphatic heterocycles. The molecule has 0 saturated carbocycles. The first kappa shape index (κ1) is 16.0. The number of hydrogen-bond donors (Lipinski definition) is 1. The maximum atomic E-state index is 12.0. The zero-order valence-corrected chi connectivity index (χ0v) is 12.0. The number of carbonyl (C=O) groups is 2. The Hall–Kier alpha value is -2.06. The molecule has 1 aromatic carbocycles. The molecule has 0 fully saturated rings. The molecule has 20 heavy (non-hydrogen) atoms. The van der Waals surface area contributed by atoms with E-state index in [1.165, 1.54) is 7.11 Å². The largest absolute Gasteiger partial charge is 0.467 e. The van der Waals surface area contributed by atoms with Crippen LogP contribution >= 0.6 is 11.6 Å². The van der Waals surface area contributed by atoms with E-state index < -0.39 is 17.9 Å². The standard InChI is InChI=1S/C14H15ClN2O3/c1-9(8-16)7-12(14(19)20-2)17-13(18)10-3-5-11(15)6-4-10/h3-6,9,12H,7H2,1-2H3,(H,17,18)/t9-,12+/m0/s1. The number of nitrogens with one attached hydrogen (secondary N) is 1. The Morgan fingerprint density at radius 2 is 2.00 bits per heavy atom. The average Bonchev–Trinajstić information content (AvgIpc) is 2.46. The molecule has 1 aromatic rings. The van der Waals surface area contributed by atoms with E-state index in [-0.39, 0.29) is 12.3 Å². The van der Waals surface area contributed by atoms with Crippen molar-refractivity contribution in [3.63, 3.8) is 0 Å². The van der Waals surface area contributed by atoms with Gasteiger partial charge in [0.1, 0.15) is 6.04 Å². The van der Waals surface area contributed by atoms with Crippen molar-refractivity contribution in [1.29, 1.82) is 5.26 Å². The SMILES string of the molecule is COC(=O)[C@@H](C[C@H](C)C#N)NC(=O)c1ccc(Cl)cc1. The highest BCUT2D eigenvalue weighted by Gasteiger charge is 2.24. The topological polar surface area (TPSA) is 79.2 Å². The van der Waals surface area contributed by atoms with E-state index in [4.69, 9.17) is 16.9 Å². The summed E-state index contributed by atoms with van der Waals surface area (Å²) in [6.45, 7) is 1.67. The van der Waals surface area contributed by atoms with Crippen LogP contribution < -0.4 is 5.32 Å². The fraction of sp³-hybridized carbons (Fsp3) is 0.357. The van der Waals surface area contributed by atoms with Crippen LogP contribution in [0.25, 0.3) is 0 Å². The van der Waals surface area contributed by atoms with Gasteiger partial charge < -0.3 is 10.1 Å². The minimum atomic E-state index is -0.849. The summed E-state index contributed by atoms with van der Waals surface area (Å²) in [5.41, 5.74) is 0.382. The van der Waals surface area contributed by atoms with Crippen LogP contribution in [-0.2, 0) is 9.53 Å². The Kier molecular flexibility index (Phi) is 6.01. The van der Waals surface area contributed by atoms with Crippen molar-refractivity contribution >= 4 is 23.5 Å². The lowest BCUT2D eigenvalue weighted by atomic mass is 10.0. The first-order valence-electron chi connectivity index (χ1n) is 6.01. The molecule has 0 spiro atoms. The molecule has 0 radical (unpaired) electrons. The summed E-state index contributed by atoms with van der Waals surface area (Å²) < 4.78 is 4.63. The van der Waals surface area contributed by atoms with Gasteiger partial charge in [0.25, 0.3) is 5.91 Å². The monoisotopic (exact) mass is 294 g/mol. The van der Waals surface area contributed by atoms with Crippen molar-refractivity contribution in [2.45, 2.75) is 19.4 Å². The average molecular weight is 295 g/mol. The molecule has 2 atom stereocenters. The summed E-state index contributed by atoms with van der Waals surface area (Å²) in [6, 6.07) is 7.45. The van der Waals surface area contributed by atoms with Gasteiger partial charge in [-0.1, -0.05) is 11.6 Å². The number of rotatable bonds is 5. The van der Waals surface area contributed by atoms with Crippen LogP contribution in [0.1, 0.15) is 23.7 Å². The lowest BCUT2D eigenvalue weighted by Gasteiger charge is -2.17. The molecule has 106 valence electrons. The number of benzene rings is 1. The number of methoxy groups -OCH3 is 1. The number of nitriles is 1. The van der Waals surface area contributed by atoms with Crippen molar-refractivity contribution in [1.82, 2.24) is 5.32 Å². The highest BCUT2D eigenvalue weighted by molar-refractivity contribution is 6.30. The predicted molar refractivity (Wildman–Crippen MR) is 74.1 cm³/mol. The van der Waals surface area contributed by atoms with Crippen LogP contribution in [0.5, 0.6) is 0 Å². The van der Waals surface area contributed by atoms with E-state index in [0.717, 1.165) is 0 Å². The second-order valence-corrected chi connectivity index (χ2v) is 4.76. The Labute approximate surface area is 122 Å². The van der Waals surface area contributed by atoms with E-state index in [0.29, 0.717) is 10.6 Å². The summed E-state index contributed by atoms with van der Waals surface area (Å²) in [5.74, 6) is -1.36. The summed E-state index contributed by atoms with van der Waals surface area (Å²) in [4.78, 5) is 23.6. The van der Waals surface area contributed by atoms with Crippen molar-refractivity contribution in [2.75, 3.05) is 7.11 Å². The third kappa shape index (κ3) is 4.56. The zero-order valence-electron chi connectivity index (χ0n) is 11.2. The molecule has 0 bridgehead atoms. The van der Waals surface area contributed by atoms with E-state index in [1.807, 2.05) is 6.07 Å². The van der Waals surface area contributed by atoms with Crippen molar-refractivity contribution < 1.29 is 14.3 Å². The Bertz CT molecular complexity index is 522. The molecule has 1 amide bonds. The van der Waals surface area contributed by atoms with Gasteiger partial charge in [0, 0.05) is 16.5 Å². The quantitative estimate of drug-likeness (QED) is 0.844. The molecule has 0 unspecified atom stereocenters. The lowest BCUT2D eigenvalue weighted by molar-refractivity contribution is -0.143. The van der Waals surface area contributed by atoms with E-state index in [1.54, 1.807) is 31.2 Å². The fourth-order valence-corrected chi connectivity index (χ4v) is 1.73. The van der Waals surface area contributed by atoms with Gasteiger partial charge >= 0.3 is 5.97 Å². The molecule has 0 aromatic heterocycles. The van der Waals surface area contributed by atoms with Crippen LogP contribution in [0.3, 0.4) is 0 Å². The normalized spacial score (nSPS) is 12.9. The molecule has 0 aliphatic carbocycles. The number of halogens is 1. The van der Waals surface area contributed by atoms with Crippen LogP contribution in [0, 0.1) is 17.2 Å². The van der Waals surface area contributed by atoms with Gasteiger partial charge in [-0.2, -0.15) is 5.26 Å². The fourth-order valence-electron chi connectivity index (χ4n) is 1.61. The third-order valence-corrected chi connectivity index (χ3v) is 2.96. The highest BCUT2D eigenvalue weighted by atomic mass is 35.5. The van der Waals surface area contributed by atoms with Gasteiger partial charge in [0.15, 0.2) is 0 Å². The Morgan fingerprint density at radius 1 is 1.40 bits per heavy atom. The number of carbonyl (C=O) groups excluding carboxylic acids is 2. The van der Waals surface area contributed by atoms with Crippen LogP contribution in [0.2, 0.25) is 5.02 Å². The van der Waals surface area contributed by atoms with E-state index >= 15 is 0 Å². The molecular formula is C14H15ClN2O3. The number of hydrogen-bond acceptors (Lipinski definition) is 4. The van der Waals surface area contributed by atoms with Gasteiger partial charge in [-0.25, -0.2) is 4.79 Å². The maximum absolute atomic E-state index is 12.0. The Balaban J connectivity index is 2.78. The molecule has 0 heterocycles. The van der Waals surface area contributed by atoms with Gasteiger partial charge in [0.2, 0.25) is 0 Å². The smallest absolute Gasteiger partial charge is 0.328 e. The van der Waals surface area contributed by atoms with Crippen LogP contribution in [0.15, 0.2) is 24.3 Å². The maximum Gasteiger partial charge on any atom is 0.328 e. The predicted octanol–water partition coefficient (Wildman–Crippen LogP) is 2.16. The summed E-state index contributed by atoms with van der Waals surface area (Å²) in [7, 11) is 1.24. The first-order valence-corrected chi connectivity index (χ1v) is 6.39. The number of esters is 1. The number of ether oxygens (including phenoxy) is 1. The second-order valence-electron chi connectivity index (χ2n) is 4.32. The lowest BCUT2D eigenvalue weighted by Crippen LogP contribution is -2.42. The minimum Gasteiger partial charge on any atom is -0.467 e. The van der Waals surface area contributed by atoms with Crippen molar-refractivity contribution in [3.05, 3.63) is 34.9 Å². The molecule has 1 N–H and O–H groups in total. The van der Waals surface area contributed by atoms with Gasteiger partial charge in [-0.15, -0.1) is 0 Å². The molecule has 0 aliphatic rings. The molecular weight excluding hydrogens is 280 g/mol. The Morgan fingerprint density at radius 3 is 2.50 bits per heavy atom. The van der Waals surface area contributed by atoms with Crippen LogP contribution in [-0.4, -0.2) is 25.0 Å². The zero-order chi connectivity index (χ0) is 15.1. The summed E-state index contributed by atoms with van der Waals surface area (Å²) in [6.07, 6.45) is 0.197. The van der Waals surface area contributed by atoms with Gasteiger partial charge in [-0.05, 0) is 37.6 Å². The van der Waals surface area contributed by atoms with Crippen molar-refractivity contribution in [2.24, 2.45) is 5.92 Å². The van der Waals surface area contributed by atoms with Crippen molar-refractivity contribution in [3.8, 4) is 6.07 Å². The summed E-state index contributed by atoms with van der Waals surface area (Å²) in [5, 5.41) is 11.9. The molecule has 0 saturated heterocycles. The number of amides is 1. The molecule has 6 heteroatoms.